The fourth-order valence-electron chi connectivity index (χ4n) is 4.81. The lowest BCUT2D eigenvalue weighted by Gasteiger charge is -2.36. The molecule has 0 spiro atoms. The van der Waals surface area contributed by atoms with Gasteiger partial charge in [0.2, 0.25) is 17.7 Å². The molecular formula is C25H22N4O6S2. The number of carbonyl (C=O) groups is 3. The number of imide groups is 1. The molecule has 2 atom stereocenters. The molecule has 2 aliphatic rings. The lowest BCUT2D eigenvalue weighted by molar-refractivity contribution is -0.384. The second-order valence-electron chi connectivity index (χ2n) is 9.53. The van der Waals surface area contributed by atoms with Crippen LogP contribution in [-0.4, -0.2) is 32.5 Å². The second kappa shape index (κ2) is 8.96. The zero-order valence-corrected chi connectivity index (χ0v) is 21.7. The van der Waals surface area contributed by atoms with E-state index in [2.05, 4.69) is 5.32 Å². The Kier molecular flexibility index (Phi) is 6.03. The van der Waals surface area contributed by atoms with Crippen LogP contribution in [0.4, 0.5) is 17.1 Å². The van der Waals surface area contributed by atoms with Gasteiger partial charge in [-0.15, -0.1) is 0 Å². The van der Waals surface area contributed by atoms with Crippen molar-refractivity contribution in [1.82, 2.24) is 4.57 Å². The van der Waals surface area contributed by atoms with E-state index in [0.29, 0.717) is 15.6 Å². The number of non-ortho nitro benzene ring substituents is 1. The molecule has 1 N–H and O–H groups in total. The van der Waals surface area contributed by atoms with Crippen LogP contribution in [0.15, 0.2) is 58.4 Å². The summed E-state index contributed by atoms with van der Waals surface area (Å²) in [5.74, 6) is -1.99. The Morgan fingerprint density at radius 2 is 1.81 bits per heavy atom. The molecule has 0 radical (unpaired) electrons. The van der Waals surface area contributed by atoms with Crippen molar-refractivity contribution in [3.63, 3.8) is 0 Å². The first-order chi connectivity index (χ1) is 17.5. The first-order valence-electron chi connectivity index (χ1n) is 11.4. The molecule has 3 heterocycles. The summed E-state index contributed by atoms with van der Waals surface area (Å²) in [5, 5.41) is 13.5. The topological polar surface area (TPSA) is 132 Å². The van der Waals surface area contributed by atoms with Gasteiger partial charge in [-0.05, 0) is 36.8 Å². The van der Waals surface area contributed by atoms with Gasteiger partial charge in [0.05, 0.1) is 21.6 Å². The van der Waals surface area contributed by atoms with Crippen LogP contribution in [0.5, 0.6) is 0 Å². The average Bonchev–Trinajstić information content (AvgIpc) is 3.28. The standard InChI is InChI=1S/C25H22N4O6S2/c1-13-5-4-6-14(11-13)26-17(30)12-27-23-20(37-24(27)33)25(2,3)18-19(36-23)22(32)28(21(18)31)15-7-9-16(10-8-15)29(34)35/h4-11,18-19H,12H2,1-3H3,(H,26,30)/t18-,19+/m1/s1. The Morgan fingerprint density at radius 3 is 2.46 bits per heavy atom. The molecule has 1 aromatic heterocycles. The minimum Gasteiger partial charge on any atom is -0.325 e. The number of thiazole rings is 1. The van der Waals surface area contributed by atoms with Gasteiger partial charge >= 0.3 is 4.87 Å². The molecule has 190 valence electrons. The number of hydrogen-bond donors (Lipinski definition) is 1. The SMILES string of the molecule is Cc1cccc(NC(=O)Cn2c3c(sc2=O)C(C)(C)[C@H]2C(=O)N(c4ccc([N+](=O)[O-])cc4)C(=O)[C@H]2S3)c1. The first kappa shape index (κ1) is 24.9. The number of rotatable bonds is 5. The molecule has 10 nitrogen and oxygen atoms in total. The van der Waals surface area contributed by atoms with E-state index in [9.17, 15) is 29.3 Å². The van der Waals surface area contributed by atoms with E-state index in [4.69, 9.17) is 0 Å². The highest BCUT2D eigenvalue weighted by molar-refractivity contribution is 8.00. The van der Waals surface area contributed by atoms with Gasteiger partial charge in [0.1, 0.15) is 11.8 Å². The van der Waals surface area contributed by atoms with E-state index >= 15 is 0 Å². The number of hydrogen-bond acceptors (Lipinski definition) is 8. The molecule has 0 bridgehead atoms. The number of aryl methyl sites for hydroxylation is 1. The molecule has 0 saturated carbocycles. The van der Waals surface area contributed by atoms with Crippen LogP contribution in [0.25, 0.3) is 0 Å². The summed E-state index contributed by atoms with van der Waals surface area (Å²) >= 11 is 2.10. The molecule has 12 heteroatoms. The highest BCUT2D eigenvalue weighted by Gasteiger charge is 2.59. The third-order valence-electron chi connectivity index (χ3n) is 6.63. The summed E-state index contributed by atoms with van der Waals surface area (Å²) in [5.41, 5.74) is 0.851. The zero-order valence-electron chi connectivity index (χ0n) is 20.1. The zero-order chi connectivity index (χ0) is 26.6. The predicted octanol–water partition coefficient (Wildman–Crippen LogP) is 3.71. The third kappa shape index (κ3) is 4.15. The summed E-state index contributed by atoms with van der Waals surface area (Å²) in [7, 11) is 0. The summed E-state index contributed by atoms with van der Waals surface area (Å²) < 4.78 is 1.36. The fraction of sp³-hybridized carbons (Fsp3) is 0.280. The highest BCUT2D eigenvalue weighted by atomic mass is 32.2. The van der Waals surface area contributed by atoms with Crippen LogP contribution in [-0.2, 0) is 26.3 Å². The quantitative estimate of drug-likeness (QED) is 0.298. The Bertz CT molecular complexity index is 1520. The van der Waals surface area contributed by atoms with Crippen molar-refractivity contribution in [2.75, 3.05) is 10.2 Å². The molecule has 1 saturated heterocycles. The number of benzene rings is 2. The molecular weight excluding hydrogens is 516 g/mol. The molecule has 3 amide bonds. The van der Waals surface area contributed by atoms with Gasteiger partial charge in [0.25, 0.3) is 5.69 Å². The van der Waals surface area contributed by atoms with Gasteiger partial charge in [-0.25, -0.2) is 4.90 Å². The minimum absolute atomic E-state index is 0.148. The van der Waals surface area contributed by atoms with E-state index in [1.165, 1.54) is 28.8 Å². The lowest BCUT2D eigenvalue weighted by Crippen LogP contribution is -2.41. The predicted molar refractivity (Wildman–Crippen MR) is 140 cm³/mol. The average molecular weight is 539 g/mol. The van der Waals surface area contributed by atoms with Gasteiger partial charge in [0, 0.05) is 28.1 Å². The van der Waals surface area contributed by atoms with Crippen molar-refractivity contribution < 1.29 is 19.3 Å². The summed E-state index contributed by atoms with van der Waals surface area (Å²) in [4.78, 5) is 64.5. The van der Waals surface area contributed by atoms with Crippen LogP contribution < -0.4 is 15.1 Å². The number of fused-ring (bicyclic) bond motifs is 2. The number of thioether (sulfide) groups is 1. The fourth-order valence-corrected chi connectivity index (χ4v) is 7.85. The maximum atomic E-state index is 13.5. The number of nitro groups is 1. The van der Waals surface area contributed by atoms with Crippen LogP contribution in [0.1, 0.15) is 24.3 Å². The first-order valence-corrected chi connectivity index (χ1v) is 13.1. The Hall–Kier alpha value is -3.77. The summed E-state index contributed by atoms with van der Waals surface area (Å²) in [6.07, 6.45) is 0. The summed E-state index contributed by atoms with van der Waals surface area (Å²) in [6.45, 7) is 5.32. The van der Waals surface area contributed by atoms with E-state index in [1.54, 1.807) is 6.07 Å². The van der Waals surface area contributed by atoms with Crippen molar-refractivity contribution in [3.05, 3.63) is 78.8 Å². The van der Waals surface area contributed by atoms with Gasteiger partial charge in [-0.3, -0.25) is 33.9 Å². The van der Waals surface area contributed by atoms with Crippen molar-refractivity contribution in [3.8, 4) is 0 Å². The molecule has 5 rings (SSSR count). The molecule has 2 aliphatic heterocycles. The molecule has 2 aromatic carbocycles. The van der Waals surface area contributed by atoms with Gasteiger partial charge in [-0.2, -0.15) is 0 Å². The molecule has 0 unspecified atom stereocenters. The monoisotopic (exact) mass is 538 g/mol. The van der Waals surface area contributed by atoms with Crippen LogP contribution in [0.2, 0.25) is 0 Å². The largest absolute Gasteiger partial charge is 0.325 e. The number of anilines is 2. The van der Waals surface area contributed by atoms with Gasteiger partial charge in [0.15, 0.2) is 0 Å². The highest BCUT2D eigenvalue weighted by Crippen LogP contribution is 2.54. The summed E-state index contributed by atoms with van der Waals surface area (Å²) in [6, 6.07) is 12.6. The van der Waals surface area contributed by atoms with E-state index < -0.39 is 33.3 Å². The third-order valence-corrected chi connectivity index (χ3v) is 9.45. The normalized spacial score (nSPS) is 19.9. The van der Waals surface area contributed by atoms with E-state index in [0.717, 1.165) is 33.6 Å². The van der Waals surface area contributed by atoms with E-state index in [-0.39, 0.29) is 28.7 Å². The molecule has 1 fully saturated rings. The van der Waals surface area contributed by atoms with Gasteiger partial charge < -0.3 is 5.32 Å². The number of nitrogens with one attached hydrogen (secondary N) is 1. The Labute approximate surface area is 219 Å². The minimum atomic E-state index is -0.852. The van der Waals surface area contributed by atoms with Crippen molar-refractivity contribution >= 4 is 57.9 Å². The molecule has 0 aliphatic carbocycles. The number of nitro benzene ring substituents is 1. The maximum absolute atomic E-state index is 13.5. The van der Waals surface area contributed by atoms with Crippen LogP contribution in [0, 0.1) is 23.0 Å². The van der Waals surface area contributed by atoms with Crippen LogP contribution in [0.3, 0.4) is 0 Å². The maximum Gasteiger partial charge on any atom is 0.308 e. The van der Waals surface area contributed by atoms with Crippen molar-refractivity contribution in [1.29, 1.82) is 0 Å². The second-order valence-corrected chi connectivity index (χ2v) is 11.6. The smallest absolute Gasteiger partial charge is 0.308 e. The van der Waals surface area contributed by atoms with Crippen molar-refractivity contribution in [2.24, 2.45) is 5.92 Å². The number of nitrogens with zero attached hydrogens (tertiary/aromatic N) is 3. The lowest BCUT2D eigenvalue weighted by atomic mass is 9.76. The number of amides is 3. The Balaban J connectivity index is 1.45. The molecule has 3 aromatic rings. The van der Waals surface area contributed by atoms with E-state index in [1.807, 2.05) is 39.0 Å². The number of carbonyl (C=O) groups excluding carboxylic acids is 3. The Morgan fingerprint density at radius 1 is 1.11 bits per heavy atom. The van der Waals surface area contributed by atoms with Crippen molar-refractivity contribution in [2.45, 2.75) is 43.0 Å². The molecule has 37 heavy (non-hydrogen) atoms. The van der Waals surface area contributed by atoms with Crippen LogP contribution >= 0.6 is 23.1 Å². The number of aromatic nitrogens is 1. The van der Waals surface area contributed by atoms with Gasteiger partial charge in [-0.1, -0.05) is 49.1 Å².